The van der Waals surface area contributed by atoms with Gasteiger partial charge in [-0.05, 0) is 32.4 Å². The van der Waals surface area contributed by atoms with E-state index in [-0.39, 0.29) is 0 Å². The zero-order valence-electron chi connectivity index (χ0n) is 7.71. The standard InChI is InChI=1S/C9H20N2/c1-3-4-8-7-11(2)6-5-9(8)10/h8-9H,3-7,10H2,1-2H3. The third-order valence-electron chi connectivity index (χ3n) is 2.66. The monoisotopic (exact) mass is 156 g/mol. The van der Waals surface area contributed by atoms with E-state index < -0.39 is 0 Å². The van der Waals surface area contributed by atoms with Crippen molar-refractivity contribution in [2.24, 2.45) is 11.7 Å². The van der Waals surface area contributed by atoms with Gasteiger partial charge in [0.05, 0.1) is 0 Å². The molecule has 2 heteroatoms. The van der Waals surface area contributed by atoms with Crippen molar-refractivity contribution in [1.29, 1.82) is 0 Å². The van der Waals surface area contributed by atoms with Gasteiger partial charge in [0, 0.05) is 12.6 Å². The van der Waals surface area contributed by atoms with Crippen molar-refractivity contribution < 1.29 is 0 Å². The van der Waals surface area contributed by atoms with Crippen LogP contribution in [0.4, 0.5) is 0 Å². The molecule has 0 radical (unpaired) electrons. The minimum Gasteiger partial charge on any atom is -0.327 e. The lowest BCUT2D eigenvalue weighted by Crippen LogP contribution is -2.45. The second-order valence-corrected chi connectivity index (χ2v) is 3.76. The van der Waals surface area contributed by atoms with Gasteiger partial charge >= 0.3 is 0 Å². The number of hydrogen-bond acceptors (Lipinski definition) is 2. The number of nitrogens with two attached hydrogens (primary N) is 1. The van der Waals surface area contributed by atoms with Crippen LogP contribution in [0.5, 0.6) is 0 Å². The molecular weight excluding hydrogens is 136 g/mol. The first kappa shape index (κ1) is 9.01. The molecule has 11 heavy (non-hydrogen) atoms. The molecule has 2 N–H and O–H groups in total. The summed E-state index contributed by atoms with van der Waals surface area (Å²) in [6, 6.07) is 0.464. The topological polar surface area (TPSA) is 29.3 Å². The van der Waals surface area contributed by atoms with Gasteiger partial charge in [0.1, 0.15) is 0 Å². The van der Waals surface area contributed by atoms with Crippen molar-refractivity contribution in [3.05, 3.63) is 0 Å². The summed E-state index contributed by atoms with van der Waals surface area (Å²) in [6.07, 6.45) is 3.75. The molecule has 0 bridgehead atoms. The quantitative estimate of drug-likeness (QED) is 0.648. The molecule has 0 spiro atoms. The Labute approximate surface area is 69.8 Å². The minimum atomic E-state index is 0.464. The van der Waals surface area contributed by atoms with Crippen LogP contribution in [0.15, 0.2) is 0 Å². The van der Waals surface area contributed by atoms with Gasteiger partial charge in [-0.1, -0.05) is 13.3 Å². The van der Waals surface area contributed by atoms with E-state index >= 15 is 0 Å². The third kappa shape index (κ3) is 2.46. The van der Waals surface area contributed by atoms with E-state index in [1.54, 1.807) is 0 Å². The second kappa shape index (κ2) is 4.07. The third-order valence-corrected chi connectivity index (χ3v) is 2.66. The van der Waals surface area contributed by atoms with E-state index in [4.69, 9.17) is 5.73 Å². The Hall–Kier alpha value is -0.0800. The molecule has 0 aromatic carbocycles. The Kier molecular flexibility index (Phi) is 3.34. The summed E-state index contributed by atoms with van der Waals surface area (Å²) in [5.41, 5.74) is 6.00. The summed E-state index contributed by atoms with van der Waals surface area (Å²) in [7, 11) is 2.19. The van der Waals surface area contributed by atoms with Crippen molar-refractivity contribution in [3.63, 3.8) is 0 Å². The minimum absolute atomic E-state index is 0.464. The summed E-state index contributed by atoms with van der Waals surface area (Å²) in [5.74, 6) is 0.749. The van der Waals surface area contributed by atoms with Crippen LogP contribution in [0.3, 0.4) is 0 Å². The van der Waals surface area contributed by atoms with Gasteiger partial charge in [0.2, 0.25) is 0 Å². The average Bonchev–Trinajstić information content (AvgIpc) is 1.98. The van der Waals surface area contributed by atoms with Crippen LogP contribution < -0.4 is 5.73 Å². The molecule has 1 saturated heterocycles. The first-order valence-electron chi connectivity index (χ1n) is 4.68. The number of nitrogens with zero attached hydrogens (tertiary/aromatic N) is 1. The Morgan fingerprint density at radius 3 is 2.91 bits per heavy atom. The predicted octanol–water partition coefficient (Wildman–Crippen LogP) is 1.07. The summed E-state index contributed by atoms with van der Waals surface area (Å²) >= 11 is 0. The van der Waals surface area contributed by atoms with Gasteiger partial charge in [-0.15, -0.1) is 0 Å². The molecule has 66 valence electrons. The van der Waals surface area contributed by atoms with Gasteiger partial charge in [0.15, 0.2) is 0 Å². The van der Waals surface area contributed by atoms with Crippen LogP contribution in [0, 0.1) is 5.92 Å². The molecule has 0 saturated carbocycles. The van der Waals surface area contributed by atoms with Crippen molar-refractivity contribution >= 4 is 0 Å². The van der Waals surface area contributed by atoms with E-state index in [1.165, 1.54) is 32.4 Å². The van der Waals surface area contributed by atoms with Gasteiger partial charge in [-0.25, -0.2) is 0 Å². The number of piperidine rings is 1. The largest absolute Gasteiger partial charge is 0.327 e. The smallest absolute Gasteiger partial charge is 0.00915 e. The normalized spacial score (nSPS) is 34.1. The maximum Gasteiger partial charge on any atom is 0.00915 e. The van der Waals surface area contributed by atoms with Crippen LogP contribution in [-0.4, -0.2) is 31.1 Å². The Morgan fingerprint density at radius 1 is 1.55 bits per heavy atom. The van der Waals surface area contributed by atoms with Gasteiger partial charge < -0.3 is 10.6 Å². The zero-order valence-corrected chi connectivity index (χ0v) is 7.71. The number of rotatable bonds is 2. The zero-order chi connectivity index (χ0) is 8.27. The Bertz CT molecular complexity index is 114. The van der Waals surface area contributed by atoms with Crippen molar-refractivity contribution in [1.82, 2.24) is 4.90 Å². The average molecular weight is 156 g/mol. The second-order valence-electron chi connectivity index (χ2n) is 3.76. The fraction of sp³-hybridized carbons (Fsp3) is 1.00. The van der Waals surface area contributed by atoms with Crippen LogP contribution in [0.2, 0.25) is 0 Å². The van der Waals surface area contributed by atoms with E-state index in [9.17, 15) is 0 Å². The van der Waals surface area contributed by atoms with Crippen molar-refractivity contribution in [3.8, 4) is 0 Å². The molecule has 1 aliphatic heterocycles. The van der Waals surface area contributed by atoms with Gasteiger partial charge in [-0.2, -0.15) is 0 Å². The fourth-order valence-electron chi connectivity index (χ4n) is 1.91. The lowest BCUT2D eigenvalue weighted by Gasteiger charge is -2.34. The maximum absolute atomic E-state index is 6.00. The summed E-state index contributed by atoms with van der Waals surface area (Å²) in [4.78, 5) is 2.39. The van der Waals surface area contributed by atoms with E-state index in [0.29, 0.717) is 6.04 Å². The van der Waals surface area contributed by atoms with Gasteiger partial charge in [-0.3, -0.25) is 0 Å². The molecule has 2 nitrogen and oxygen atoms in total. The Balaban J connectivity index is 2.34. The SMILES string of the molecule is CCCC1CN(C)CCC1N. The molecular formula is C9H20N2. The molecule has 1 rings (SSSR count). The summed E-state index contributed by atoms with van der Waals surface area (Å²) in [6.45, 7) is 4.62. The van der Waals surface area contributed by atoms with Crippen molar-refractivity contribution in [2.45, 2.75) is 32.2 Å². The van der Waals surface area contributed by atoms with E-state index in [1.807, 2.05) is 0 Å². The van der Waals surface area contributed by atoms with Crippen LogP contribution in [-0.2, 0) is 0 Å². The molecule has 1 heterocycles. The first-order valence-corrected chi connectivity index (χ1v) is 4.68. The van der Waals surface area contributed by atoms with Crippen molar-refractivity contribution in [2.75, 3.05) is 20.1 Å². The van der Waals surface area contributed by atoms with Gasteiger partial charge in [0.25, 0.3) is 0 Å². The summed E-state index contributed by atoms with van der Waals surface area (Å²) < 4.78 is 0. The molecule has 0 aliphatic carbocycles. The summed E-state index contributed by atoms with van der Waals surface area (Å²) in [5, 5.41) is 0. The molecule has 1 fully saturated rings. The van der Waals surface area contributed by atoms with Crippen LogP contribution >= 0.6 is 0 Å². The maximum atomic E-state index is 6.00. The molecule has 0 amide bonds. The molecule has 1 aliphatic rings. The number of likely N-dealkylation sites (tertiary alicyclic amines) is 1. The van der Waals surface area contributed by atoms with Crippen LogP contribution in [0.1, 0.15) is 26.2 Å². The highest BCUT2D eigenvalue weighted by molar-refractivity contribution is 4.80. The highest BCUT2D eigenvalue weighted by Gasteiger charge is 2.23. The Morgan fingerprint density at radius 2 is 2.27 bits per heavy atom. The first-order chi connectivity index (χ1) is 5.24. The van der Waals surface area contributed by atoms with E-state index in [0.717, 1.165) is 5.92 Å². The fourth-order valence-corrected chi connectivity index (χ4v) is 1.91. The van der Waals surface area contributed by atoms with Crippen LogP contribution in [0.25, 0.3) is 0 Å². The van der Waals surface area contributed by atoms with E-state index in [2.05, 4.69) is 18.9 Å². The lowest BCUT2D eigenvalue weighted by atomic mass is 9.89. The molecule has 2 atom stereocenters. The highest BCUT2D eigenvalue weighted by Crippen LogP contribution is 2.18. The molecule has 2 unspecified atom stereocenters. The highest BCUT2D eigenvalue weighted by atomic mass is 15.1. The lowest BCUT2D eigenvalue weighted by molar-refractivity contribution is 0.177. The molecule has 0 aromatic rings. The molecule has 0 aromatic heterocycles. The predicted molar refractivity (Wildman–Crippen MR) is 48.5 cm³/mol. The number of hydrogen-bond donors (Lipinski definition) is 1.